The average Bonchev–Trinajstić information content (AvgIpc) is 1.74. The summed E-state index contributed by atoms with van der Waals surface area (Å²) in [6, 6.07) is -0.500. The summed E-state index contributed by atoms with van der Waals surface area (Å²) < 4.78 is 0. The standard InChI is InChI=1S/2C4H7NO2/c2*6-4(7)3-1-2-5-3/h2*3,5H,1-2H2,(H,6,7). The Morgan fingerprint density at radius 2 is 1.21 bits per heavy atom. The van der Waals surface area contributed by atoms with Crippen molar-refractivity contribution in [3.05, 3.63) is 0 Å². The van der Waals surface area contributed by atoms with Gasteiger partial charge in [-0.1, -0.05) is 0 Å². The van der Waals surface area contributed by atoms with Crippen molar-refractivity contribution in [1.29, 1.82) is 0 Å². The normalized spacial score (nSPS) is 28.9. The third-order valence-corrected chi connectivity index (χ3v) is 2.24. The van der Waals surface area contributed by atoms with Crippen LogP contribution in [0.2, 0.25) is 0 Å². The minimum absolute atomic E-state index is 0.250. The van der Waals surface area contributed by atoms with Crippen LogP contribution in [0.1, 0.15) is 12.8 Å². The lowest BCUT2D eigenvalue weighted by atomic mass is 10.1. The van der Waals surface area contributed by atoms with Gasteiger partial charge in [-0.2, -0.15) is 0 Å². The first-order chi connectivity index (χ1) is 6.61. The van der Waals surface area contributed by atoms with E-state index >= 15 is 0 Å². The fourth-order valence-electron chi connectivity index (χ4n) is 0.999. The van der Waals surface area contributed by atoms with Crippen molar-refractivity contribution in [1.82, 2.24) is 10.6 Å². The van der Waals surface area contributed by atoms with Gasteiger partial charge >= 0.3 is 11.9 Å². The van der Waals surface area contributed by atoms with Crippen LogP contribution in [0, 0.1) is 0 Å². The van der Waals surface area contributed by atoms with Gasteiger partial charge in [0.15, 0.2) is 0 Å². The van der Waals surface area contributed by atoms with Crippen molar-refractivity contribution in [2.24, 2.45) is 0 Å². The highest BCUT2D eigenvalue weighted by Gasteiger charge is 2.23. The van der Waals surface area contributed by atoms with Crippen LogP contribution in [0.15, 0.2) is 0 Å². The lowest BCUT2D eigenvalue weighted by molar-refractivity contribution is -0.142. The number of rotatable bonds is 2. The molecule has 2 fully saturated rings. The molecule has 0 radical (unpaired) electrons. The zero-order chi connectivity index (χ0) is 10.6. The first kappa shape index (κ1) is 10.9. The van der Waals surface area contributed by atoms with E-state index < -0.39 is 11.9 Å². The zero-order valence-electron chi connectivity index (χ0n) is 7.69. The van der Waals surface area contributed by atoms with Gasteiger partial charge in [0.05, 0.1) is 0 Å². The molecule has 2 rings (SSSR count). The lowest BCUT2D eigenvalue weighted by Crippen LogP contribution is -2.48. The molecule has 14 heavy (non-hydrogen) atoms. The molecule has 2 saturated heterocycles. The highest BCUT2D eigenvalue weighted by molar-refractivity contribution is 5.74. The zero-order valence-corrected chi connectivity index (χ0v) is 7.69. The van der Waals surface area contributed by atoms with Crippen molar-refractivity contribution in [2.45, 2.75) is 24.9 Å². The van der Waals surface area contributed by atoms with Crippen molar-refractivity contribution in [2.75, 3.05) is 13.1 Å². The molecule has 0 amide bonds. The Bertz CT molecular complexity index is 199. The Labute approximate surface area is 81.3 Å². The van der Waals surface area contributed by atoms with Gasteiger partial charge < -0.3 is 20.8 Å². The molecule has 2 aliphatic heterocycles. The number of aliphatic carboxylic acids is 2. The first-order valence-corrected chi connectivity index (χ1v) is 4.53. The van der Waals surface area contributed by atoms with E-state index in [1.165, 1.54) is 0 Å². The number of carboxylic acid groups (broad SMARTS) is 2. The predicted octanol–water partition coefficient (Wildman–Crippen LogP) is -1.13. The highest BCUT2D eigenvalue weighted by atomic mass is 16.4. The molecular formula is C8H14N2O4. The molecule has 6 heteroatoms. The molecule has 2 aliphatic rings. The van der Waals surface area contributed by atoms with Crippen molar-refractivity contribution in [3.63, 3.8) is 0 Å². The van der Waals surface area contributed by atoms with Crippen LogP contribution in [-0.4, -0.2) is 47.3 Å². The maximum absolute atomic E-state index is 9.92. The van der Waals surface area contributed by atoms with E-state index in [2.05, 4.69) is 10.6 Å². The van der Waals surface area contributed by atoms with Gasteiger partial charge in [-0.3, -0.25) is 9.59 Å². The highest BCUT2D eigenvalue weighted by Crippen LogP contribution is 2.00. The molecular weight excluding hydrogens is 188 g/mol. The molecule has 0 aliphatic carbocycles. The number of hydrogen-bond donors (Lipinski definition) is 4. The fraction of sp³-hybridized carbons (Fsp3) is 0.750. The number of carbonyl (C=O) groups is 2. The third-order valence-electron chi connectivity index (χ3n) is 2.24. The molecule has 0 aromatic heterocycles. The lowest BCUT2D eigenvalue weighted by Gasteiger charge is -2.22. The van der Waals surface area contributed by atoms with Gasteiger partial charge in [-0.15, -0.1) is 0 Å². The predicted molar refractivity (Wildman–Crippen MR) is 48.1 cm³/mol. The molecule has 0 bridgehead atoms. The van der Waals surface area contributed by atoms with Gasteiger partial charge in [0, 0.05) is 0 Å². The monoisotopic (exact) mass is 202 g/mol. The topological polar surface area (TPSA) is 98.7 Å². The largest absolute Gasteiger partial charge is 0.480 e. The van der Waals surface area contributed by atoms with Crippen LogP contribution >= 0.6 is 0 Å². The summed E-state index contributed by atoms with van der Waals surface area (Å²) in [5.41, 5.74) is 0. The van der Waals surface area contributed by atoms with E-state index in [9.17, 15) is 9.59 Å². The summed E-state index contributed by atoms with van der Waals surface area (Å²) in [4.78, 5) is 19.8. The molecule has 0 aromatic rings. The van der Waals surface area contributed by atoms with E-state index in [0.29, 0.717) is 0 Å². The third kappa shape index (κ3) is 2.97. The molecule has 2 atom stereocenters. The molecule has 80 valence electrons. The summed E-state index contributed by atoms with van der Waals surface area (Å²) in [7, 11) is 0. The van der Waals surface area contributed by atoms with Crippen LogP contribution in [0.3, 0.4) is 0 Å². The van der Waals surface area contributed by atoms with Crippen LogP contribution in [-0.2, 0) is 9.59 Å². The molecule has 4 N–H and O–H groups in total. The molecule has 2 heterocycles. The quantitative estimate of drug-likeness (QED) is 0.452. The Kier molecular flexibility index (Phi) is 3.84. The Hall–Kier alpha value is -1.14. The van der Waals surface area contributed by atoms with Crippen molar-refractivity contribution in [3.8, 4) is 0 Å². The second-order valence-electron chi connectivity index (χ2n) is 3.27. The van der Waals surface area contributed by atoms with Crippen LogP contribution in [0.5, 0.6) is 0 Å². The minimum Gasteiger partial charge on any atom is -0.480 e. The summed E-state index contributed by atoms with van der Waals surface area (Å²) in [6.45, 7) is 1.72. The van der Waals surface area contributed by atoms with Crippen molar-refractivity contribution < 1.29 is 19.8 Å². The second kappa shape index (κ2) is 4.92. The van der Waals surface area contributed by atoms with Crippen molar-refractivity contribution >= 4 is 11.9 Å². The van der Waals surface area contributed by atoms with E-state index in [1.54, 1.807) is 0 Å². The Balaban J connectivity index is 0.000000140. The fourth-order valence-corrected chi connectivity index (χ4v) is 0.999. The Morgan fingerprint density at radius 1 is 0.929 bits per heavy atom. The molecule has 0 saturated carbocycles. The molecule has 0 spiro atoms. The molecule has 0 aromatic carbocycles. The summed E-state index contributed by atoms with van der Waals surface area (Å²) in [5, 5.41) is 21.8. The maximum atomic E-state index is 9.92. The Morgan fingerprint density at radius 3 is 1.21 bits per heavy atom. The SMILES string of the molecule is O=C(O)C1CCN1.O=C(O)C1CCN1. The summed E-state index contributed by atoms with van der Waals surface area (Å²) in [5.74, 6) is -1.46. The molecule has 6 nitrogen and oxygen atoms in total. The number of carboxylic acids is 2. The van der Waals surface area contributed by atoms with Gasteiger partial charge in [0.2, 0.25) is 0 Å². The van der Waals surface area contributed by atoms with Gasteiger partial charge in [-0.25, -0.2) is 0 Å². The van der Waals surface area contributed by atoms with Crippen LogP contribution in [0.4, 0.5) is 0 Å². The maximum Gasteiger partial charge on any atom is 0.320 e. The van der Waals surface area contributed by atoms with E-state index in [1.807, 2.05) is 0 Å². The van der Waals surface area contributed by atoms with Crippen LogP contribution < -0.4 is 10.6 Å². The summed E-state index contributed by atoms with van der Waals surface area (Å²) in [6.07, 6.45) is 1.57. The second-order valence-corrected chi connectivity index (χ2v) is 3.27. The number of nitrogens with one attached hydrogen (secondary N) is 2. The molecule has 2 unspecified atom stereocenters. The van der Waals surface area contributed by atoms with Gasteiger partial charge in [-0.05, 0) is 25.9 Å². The van der Waals surface area contributed by atoms with Gasteiger partial charge in [0.1, 0.15) is 12.1 Å². The number of hydrogen-bond acceptors (Lipinski definition) is 4. The van der Waals surface area contributed by atoms with E-state index in [0.717, 1.165) is 25.9 Å². The summed E-state index contributed by atoms with van der Waals surface area (Å²) >= 11 is 0. The van der Waals surface area contributed by atoms with E-state index in [-0.39, 0.29) is 12.1 Å². The minimum atomic E-state index is -0.730. The van der Waals surface area contributed by atoms with Crippen LogP contribution in [0.25, 0.3) is 0 Å². The first-order valence-electron chi connectivity index (χ1n) is 4.53. The average molecular weight is 202 g/mol. The van der Waals surface area contributed by atoms with E-state index in [4.69, 9.17) is 10.2 Å². The van der Waals surface area contributed by atoms with Gasteiger partial charge in [0.25, 0.3) is 0 Å². The smallest absolute Gasteiger partial charge is 0.320 e.